The highest BCUT2D eigenvalue weighted by atomic mass is 35.5. The molecule has 2 amide bonds. The number of carbonyl (C=O) groups is 2. The van der Waals surface area contributed by atoms with Crippen LogP contribution in [-0.2, 0) is 9.59 Å². The second-order valence-corrected chi connectivity index (χ2v) is 5.18. The molecule has 0 bridgehead atoms. The van der Waals surface area contributed by atoms with Crippen molar-refractivity contribution in [1.29, 1.82) is 0 Å². The van der Waals surface area contributed by atoms with Crippen LogP contribution in [-0.4, -0.2) is 49.4 Å². The van der Waals surface area contributed by atoms with Gasteiger partial charge in [-0.3, -0.25) is 9.59 Å². The standard InChI is InChI=1S/C13H23N3O2.ClH/c17-12(16-8-6-14-7-9-16)10-15-13(18)11-4-2-1-3-5-11;/h11,14H,1-10H2,(H,15,18);1H. The van der Waals surface area contributed by atoms with Crippen LogP contribution in [0.15, 0.2) is 0 Å². The first-order chi connectivity index (χ1) is 8.77. The fraction of sp³-hybridized carbons (Fsp3) is 0.846. The Morgan fingerprint density at radius 3 is 2.37 bits per heavy atom. The van der Waals surface area contributed by atoms with Crippen molar-refractivity contribution in [2.24, 2.45) is 5.92 Å². The first kappa shape index (κ1) is 16.2. The molecule has 0 atom stereocenters. The summed E-state index contributed by atoms with van der Waals surface area (Å²) in [5, 5.41) is 6.00. The lowest BCUT2D eigenvalue weighted by atomic mass is 9.89. The van der Waals surface area contributed by atoms with E-state index in [4.69, 9.17) is 0 Å². The number of carbonyl (C=O) groups excluding carboxylic acids is 2. The molecule has 0 unspecified atom stereocenters. The quantitative estimate of drug-likeness (QED) is 0.797. The Labute approximate surface area is 120 Å². The van der Waals surface area contributed by atoms with Gasteiger partial charge in [0.2, 0.25) is 11.8 Å². The lowest BCUT2D eigenvalue weighted by molar-refractivity contribution is -0.134. The third kappa shape index (κ3) is 4.99. The lowest BCUT2D eigenvalue weighted by Crippen LogP contribution is -2.50. The maximum atomic E-state index is 11.9. The summed E-state index contributed by atoms with van der Waals surface area (Å²) in [7, 11) is 0. The molecular formula is C13H24ClN3O2. The van der Waals surface area contributed by atoms with Crippen molar-refractivity contribution in [3.05, 3.63) is 0 Å². The molecule has 2 N–H and O–H groups in total. The van der Waals surface area contributed by atoms with Gasteiger partial charge in [0.25, 0.3) is 0 Å². The van der Waals surface area contributed by atoms with Crippen LogP contribution in [0, 0.1) is 5.92 Å². The molecule has 0 aromatic rings. The van der Waals surface area contributed by atoms with Crippen LogP contribution in [0.1, 0.15) is 32.1 Å². The van der Waals surface area contributed by atoms with Gasteiger partial charge in [0.15, 0.2) is 0 Å². The van der Waals surface area contributed by atoms with Crippen molar-refractivity contribution in [3.8, 4) is 0 Å². The number of hydrogen-bond acceptors (Lipinski definition) is 3. The Bertz CT molecular complexity index is 270. The van der Waals surface area contributed by atoms with Gasteiger partial charge in [-0.2, -0.15) is 0 Å². The zero-order valence-electron chi connectivity index (χ0n) is 11.3. The molecule has 0 radical (unpaired) electrons. The fourth-order valence-corrected chi connectivity index (χ4v) is 2.70. The Balaban J connectivity index is 0.00000180. The van der Waals surface area contributed by atoms with Gasteiger partial charge in [-0.05, 0) is 12.8 Å². The van der Waals surface area contributed by atoms with E-state index in [-0.39, 0.29) is 36.7 Å². The molecule has 1 saturated heterocycles. The molecule has 19 heavy (non-hydrogen) atoms. The van der Waals surface area contributed by atoms with E-state index in [1.165, 1.54) is 6.42 Å². The van der Waals surface area contributed by atoms with Crippen LogP contribution < -0.4 is 10.6 Å². The Hall–Kier alpha value is -0.810. The third-order valence-corrected chi connectivity index (χ3v) is 3.86. The topological polar surface area (TPSA) is 61.4 Å². The molecule has 2 aliphatic rings. The monoisotopic (exact) mass is 289 g/mol. The van der Waals surface area contributed by atoms with E-state index in [0.29, 0.717) is 0 Å². The number of hydrogen-bond donors (Lipinski definition) is 2. The molecule has 6 heteroatoms. The number of halogens is 1. The van der Waals surface area contributed by atoms with E-state index in [1.807, 2.05) is 4.90 Å². The zero-order chi connectivity index (χ0) is 12.8. The molecule has 1 aliphatic carbocycles. The summed E-state index contributed by atoms with van der Waals surface area (Å²) in [6.45, 7) is 3.36. The average molecular weight is 290 g/mol. The van der Waals surface area contributed by atoms with Crippen molar-refractivity contribution in [3.63, 3.8) is 0 Å². The van der Waals surface area contributed by atoms with E-state index in [0.717, 1.165) is 51.9 Å². The lowest BCUT2D eigenvalue weighted by Gasteiger charge is -2.28. The third-order valence-electron chi connectivity index (χ3n) is 3.86. The summed E-state index contributed by atoms with van der Waals surface area (Å²) in [6, 6.07) is 0. The maximum absolute atomic E-state index is 11.9. The minimum atomic E-state index is 0. The highest BCUT2D eigenvalue weighted by molar-refractivity contribution is 5.86. The molecule has 110 valence electrons. The van der Waals surface area contributed by atoms with Gasteiger partial charge in [0, 0.05) is 32.1 Å². The summed E-state index contributed by atoms with van der Waals surface area (Å²) in [5.41, 5.74) is 0. The number of piperazine rings is 1. The summed E-state index contributed by atoms with van der Waals surface area (Å²) < 4.78 is 0. The number of amides is 2. The van der Waals surface area contributed by atoms with Crippen molar-refractivity contribution >= 4 is 24.2 Å². The van der Waals surface area contributed by atoms with Crippen molar-refractivity contribution in [1.82, 2.24) is 15.5 Å². The van der Waals surface area contributed by atoms with Crippen LogP contribution in [0.2, 0.25) is 0 Å². The molecule has 0 aromatic heterocycles. The number of nitrogens with one attached hydrogen (secondary N) is 2. The molecule has 0 aromatic carbocycles. The van der Waals surface area contributed by atoms with Crippen molar-refractivity contribution in [2.75, 3.05) is 32.7 Å². The van der Waals surface area contributed by atoms with E-state index in [2.05, 4.69) is 10.6 Å². The van der Waals surface area contributed by atoms with E-state index < -0.39 is 0 Å². The SMILES string of the molecule is Cl.O=C(NCC(=O)N1CCNCC1)C1CCCCC1. The van der Waals surface area contributed by atoms with Gasteiger partial charge in [0.05, 0.1) is 6.54 Å². The maximum Gasteiger partial charge on any atom is 0.242 e. The molecule has 1 heterocycles. The van der Waals surface area contributed by atoms with Crippen LogP contribution in [0.25, 0.3) is 0 Å². The Morgan fingerprint density at radius 1 is 1.11 bits per heavy atom. The number of nitrogens with zero attached hydrogens (tertiary/aromatic N) is 1. The molecule has 5 nitrogen and oxygen atoms in total. The fourth-order valence-electron chi connectivity index (χ4n) is 2.70. The van der Waals surface area contributed by atoms with E-state index in [9.17, 15) is 9.59 Å². The summed E-state index contributed by atoms with van der Waals surface area (Å²) in [4.78, 5) is 25.6. The molecule has 1 aliphatic heterocycles. The van der Waals surface area contributed by atoms with Crippen LogP contribution in [0.3, 0.4) is 0 Å². The number of rotatable bonds is 3. The molecule has 2 fully saturated rings. The molecule has 1 saturated carbocycles. The first-order valence-electron chi connectivity index (χ1n) is 7.03. The van der Waals surface area contributed by atoms with Crippen molar-refractivity contribution in [2.45, 2.75) is 32.1 Å². The minimum absolute atomic E-state index is 0. The molecule has 2 rings (SSSR count). The van der Waals surface area contributed by atoms with Gasteiger partial charge in [-0.25, -0.2) is 0 Å². The second-order valence-electron chi connectivity index (χ2n) is 5.18. The summed E-state index contributed by atoms with van der Waals surface area (Å²) in [5.74, 6) is 0.244. The van der Waals surface area contributed by atoms with Gasteiger partial charge in [0.1, 0.15) is 0 Å². The Kier molecular flexibility index (Phi) is 7.16. The smallest absolute Gasteiger partial charge is 0.242 e. The largest absolute Gasteiger partial charge is 0.347 e. The van der Waals surface area contributed by atoms with Gasteiger partial charge < -0.3 is 15.5 Å². The second kappa shape index (κ2) is 8.38. The van der Waals surface area contributed by atoms with E-state index in [1.54, 1.807) is 0 Å². The summed E-state index contributed by atoms with van der Waals surface area (Å²) >= 11 is 0. The molecule has 0 spiro atoms. The van der Waals surface area contributed by atoms with E-state index >= 15 is 0 Å². The predicted molar refractivity (Wildman–Crippen MR) is 76.3 cm³/mol. The van der Waals surface area contributed by atoms with Crippen molar-refractivity contribution < 1.29 is 9.59 Å². The predicted octanol–water partition coefficient (Wildman–Crippen LogP) is 0.536. The molecular weight excluding hydrogens is 266 g/mol. The van der Waals surface area contributed by atoms with Crippen LogP contribution in [0.4, 0.5) is 0 Å². The highest BCUT2D eigenvalue weighted by Crippen LogP contribution is 2.23. The van der Waals surface area contributed by atoms with Gasteiger partial charge >= 0.3 is 0 Å². The van der Waals surface area contributed by atoms with Gasteiger partial charge in [-0.15, -0.1) is 12.4 Å². The van der Waals surface area contributed by atoms with Crippen LogP contribution >= 0.6 is 12.4 Å². The Morgan fingerprint density at radius 2 is 1.74 bits per heavy atom. The minimum Gasteiger partial charge on any atom is -0.347 e. The normalized spacial score (nSPS) is 20.5. The first-order valence-corrected chi connectivity index (χ1v) is 7.03. The average Bonchev–Trinajstić information content (AvgIpc) is 2.46. The zero-order valence-corrected chi connectivity index (χ0v) is 12.1. The van der Waals surface area contributed by atoms with Gasteiger partial charge in [-0.1, -0.05) is 19.3 Å². The summed E-state index contributed by atoms with van der Waals surface area (Å²) in [6.07, 6.45) is 5.48. The van der Waals surface area contributed by atoms with Crippen LogP contribution in [0.5, 0.6) is 0 Å². The highest BCUT2D eigenvalue weighted by Gasteiger charge is 2.22.